The Labute approximate surface area is 163 Å². The minimum absolute atomic E-state index is 0.0850. The monoisotopic (exact) mass is 454 g/mol. The first kappa shape index (κ1) is 16.8. The van der Waals surface area contributed by atoms with Gasteiger partial charge in [0.1, 0.15) is 11.6 Å². The maximum Gasteiger partial charge on any atom is 0.266 e. The Hall–Kier alpha value is -2.67. The van der Waals surface area contributed by atoms with E-state index >= 15 is 0 Å². The van der Waals surface area contributed by atoms with Gasteiger partial charge < -0.3 is 4.42 Å². The van der Waals surface area contributed by atoms with Gasteiger partial charge in [0.05, 0.1) is 22.9 Å². The second-order valence-electron chi connectivity index (χ2n) is 5.96. The van der Waals surface area contributed by atoms with Crippen molar-refractivity contribution in [3.05, 3.63) is 91.9 Å². The topological polar surface area (TPSA) is 48.0 Å². The van der Waals surface area contributed by atoms with Gasteiger partial charge >= 0.3 is 0 Å². The van der Waals surface area contributed by atoms with Crippen LogP contribution in [-0.4, -0.2) is 9.55 Å². The summed E-state index contributed by atoms with van der Waals surface area (Å²) in [7, 11) is 0. The van der Waals surface area contributed by atoms with E-state index in [9.17, 15) is 4.79 Å². The van der Waals surface area contributed by atoms with Crippen LogP contribution in [0.5, 0.6) is 0 Å². The predicted molar refractivity (Wildman–Crippen MR) is 112 cm³/mol. The van der Waals surface area contributed by atoms with E-state index in [-0.39, 0.29) is 5.56 Å². The smallest absolute Gasteiger partial charge is 0.266 e. The summed E-state index contributed by atoms with van der Waals surface area (Å²) >= 11 is 2.21. The second kappa shape index (κ2) is 6.92. The number of hydrogen-bond donors (Lipinski definition) is 0. The molecule has 0 aliphatic rings. The second-order valence-corrected chi connectivity index (χ2v) is 7.21. The summed E-state index contributed by atoms with van der Waals surface area (Å²) in [4.78, 5) is 18.0. The Kier molecular flexibility index (Phi) is 4.46. The Balaban J connectivity index is 2.00. The average molecular weight is 454 g/mol. The van der Waals surface area contributed by atoms with Crippen LogP contribution in [0.2, 0.25) is 0 Å². The Morgan fingerprint density at radius 2 is 1.96 bits per heavy atom. The van der Waals surface area contributed by atoms with Gasteiger partial charge in [0, 0.05) is 3.57 Å². The minimum atomic E-state index is -0.0850. The summed E-state index contributed by atoms with van der Waals surface area (Å²) in [5.74, 6) is 1.27. The zero-order chi connectivity index (χ0) is 18.1. The highest BCUT2D eigenvalue weighted by atomic mass is 127. The van der Waals surface area contributed by atoms with Crippen molar-refractivity contribution in [3.63, 3.8) is 0 Å². The fourth-order valence-electron chi connectivity index (χ4n) is 2.85. The third kappa shape index (κ3) is 3.22. The van der Waals surface area contributed by atoms with Crippen LogP contribution in [0.3, 0.4) is 0 Å². The molecule has 0 bridgehead atoms. The molecule has 4 aromatic rings. The number of halogens is 1. The van der Waals surface area contributed by atoms with E-state index in [1.54, 1.807) is 16.9 Å². The molecule has 0 radical (unpaired) electrons. The van der Waals surface area contributed by atoms with Gasteiger partial charge in [-0.25, -0.2) is 4.98 Å². The molecule has 2 heterocycles. The van der Waals surface area contributed by atoms with Gasteiger partial charge in [-0.3, -0.25) is 9.36 Å². The molecule has 0 saturated heterocycles. The van der Waals surface area contributed by atoms with Gasteiger partial charge in [-0.1, -0.05) is 12.1 Å². The molecule has 0 spiro atoms. The van der Waals surface area contributed by atoms with E-state index in [0.717, 1.165) is 14.8 Å². The molecule has 0 amide bonds. The SMILES string of the molecule is Cc1cccc(-n2c(/C=C/c3ccco3)nc3ccc(I)cc3c2=O)c1. The maximum atomic E-state index is 13.2. The zero-order valence-electron chi connectivity index (χ0n) is 14.0. The zero-order valence-corrected chi connectivity index (χ0v) is 16.2. The van der Waals surface area contributed by atoms with Crippen LogP contribution in [0.4, 0.5) is 0 Å². The van der Waals surface area contributed by atoms with Gasteiger partial charge in [-0.15, -0.1) is 0 Å². The largest absolute Gasteiger partial charge is 0.465 e. The first-order valence-electron chi connectivity index (χ1n) is 8.13. The molecule has 0 aliphatic carbocycles. The van der Waals surface area contributed by atoms with E-state index < -0.39 is 0 Å². The number of rotatable bonds is 3. The summed E-state index contributed by atoms with van der Waals surface area (Å²) in [6.45, 7) is 2.00. The summed E-state index contributed by atoms with van der Waals surface area (Å²) in [5, 5.41) is 0.605. The van der Waals surface area contributed by atoms with Gasteiger partial charge in [0.2, 0.25) is 0 Å². The third-order valence-corrected chi connectivity index (χ3v) is 4.73. The first-order chi connectivity index (χ1) is 12.6. The molecule has 0 fully saturated rings. The quantitative estimate of drug-likeness (QED) is 0.407. The Bertz CT molecular complexity index is 1170. The molecule has 4 nitrogen and oxygen atoms in total. The molecule has 128 valence electrons. The fourth-order valence-corrected chi connectivity index (χ4v) is 3.34. The molecule has 2 aromatic heterocycles. The highest BCUT2D eigenvalue weighted by molar-refractivity contribution is 14.1. The Morgan fingerprint density at radius 1 is 1.08 bits per heavy atom. The van der Waals surface area contributed by atoms with Crippen LogP contribution >= 0.6 is 22.6 Å². The number of benzene rings is 2. The normalized spacial score (nSPS) is 11.5. The van der Waals surface area contributed by atoms with E-state index in [0.29, 0.717) is 22.5 Å². The molecule has 26 heavy (non-hydrogen) atoms. The molecule has 5 heteroatoms. The van der Waals surface area contributed by atoms with Crippen molar-refractivity contribution in [2.24, 2.45) is 0 Å². The van der Waals surface area contributed by atoms with Crippen LogP contribution < -0.4 is 5.56 Å². The Morgan fingerprint density at radius 3 is 2.73 bits per heavy atom. The van der Waals surface area contributed by atoms with Crippen molar-refractivity contribution < 1.29 is 4.42 Å². The standard InChI is InChI=1S/C21H15IN2O2/c1-14-4-2-5-16(12-14)24-20(10-8-17-6-3-11-26-17)23-19-9-7-15(22)13-18(19)21(24)25/h2-13H,1H3/b10-8+. The first-order valence-corrected chi connectivity index (χ1v) is 9.21. The lowest BCUT2D eigenvalue weighted by Gasteiger charge is -2.12. The molecule has 0 atom stereocenters. The summed E-state index contributed by atoms with van der Waals surface area (Å²) in [6.07, 6.45) is 5.23. The van der Waals surface area contributed by atoms with Gasteiger partial charge in [0.25, 0.3) is 5.56 Å². The minimum Gasteiger partial charge on any atom is -0.465 e. The van der Waals surface area contributed by atoms with Gasteiger partial charge in [0.15, 0.2) is 0 Å². The molecular weight excluding hydrogens is 439 g/mol. The van der Waals surface area contributed by atoms with Crippen molar-refractivity contribution in [2.45, 2.75) is 6.92 Å². The average Bonchev–Trinajstić information content (AvgIpc) is 3.14. The van der Waals surface area contributed by atoms with Crippen LogP contribution in [0.25, 0.3) is 28.7 Å². The van der Waals surface area contributed by atoms with Crippen LogP contribution in [0.15, 0.2) is 70.1 Å². The predicted octanol–water partition coefficient (Wildman–Crippen LogP) is 5.06. The number of aryl methyl sites for hydroxylation is 1. The summed E-state index contributed by atoms with van der Waals surface area (Å²) in [5.41, 5.74) is 2.47. The van der Waals surface area contributed by atoms with Gasteiger partial charge in [-0.05, 0) is 89.7 Å². The summed E-state index contributed by atoms with van der Waals surface area (Å²) in [6, 6.07) is 17.2. The highest BCUT2D eigenvalue weighted by Crippen LogP contribution is 2.18. The molecule has 4 rings (SSSR count). The number of hydrogen-bond acceptors (Lipinski definition) is 3. The van der Waals surface area contributed by atoms with E-state index in [1.807, 2.05) is 67.6 Å². The van der Waals surface area contributed by atoms with Crippen LogP contribution in [-0.2, 0) is 0 Å². The van der Waals surface area contributed by atoms with Crippen LogP contribution in [0.1, 0.15) is 17.1 Å². The van der Waals surface area contributed by atoms with Crippen molar-refractivity contribution in [1.82, 2.24) is 9.55 Å². The van der Waals surface area contributed by atoms with Crippen molar-refractivity contribution in [3.8, 4) is 5.69 Å². The van der Waals surface area contributed by atoms with Crippen molar-refractivity contribution in [2.75, 3.05) is 0 Å². The van der Waals surface area contributed by atoms with Crippen LogP contribution in [0, 0.1) is 10.5 Å². The fraction of sp³-hybridized carbons (Fsp3) is 0.0476. The lowest BCUT2D eigenvalue weighted by Crippen LogP contribution is -2.22. The van der Waals surface area contributed by atoms with Crippen molar-refractivity contribution >= 4 is 45.6 Å². The molecule has 0 N–H and O–H groups in total. The van der Waals surface area contributed by atoms with Crippen molar-refractivity contribution in [1.29, 1.82) is 0 Å². The lowest BCUT2D eigenvalue weighted by molar-refractivity contribution is 0.557. The molecule has 0 saturated carbocycles. The highest BCUT2D eigenvalue weighted by Gasteiger charge is 2.12. The molecular formula is C21H15IN2O2. The number of nitrogens with zero attached hydrogens (tertiary/aromatic N) is 2. The summed E-state index contributed by atoms with van der Waals surface area (Å²) < 4.78 is 8.00. The van der Waals surface area contributed by atoms with E-state index in [1.165, 1.54) is 0 Å². The third-order valence-electron chi connectivity index (χ3n) is 4.06. The van der Waals surface area contributed by atoms with E-state index in [4.69, 9.17) is 9.40 Å². The van der Waals surface area contributed by atoms with Gasteiger partial charge in [-0.2, -0.15) is 0 Å². The molecule has 0 unspecified atom stereocenters. The molecule has 2 aromatic carbocycles. The number of fused-ring (bicyclic) bond motifs is 1. The lowest BCUT2D eigenvalue weighted by atomic mass is 10.2. The molecule has 0 aliphatic heterocycles. The van der Waals surface area contributed by atoms with E-state index in [2.05, 4.69) is 22.6 Å². The number of furan rings is 1. The maximum absolute atomic E-state index is 13.2. The number of aromatic nitrogens is 2.